The van der Waals surface area contributed by atoms with Crippen LogP contribution < -0.4 is 20.1 Å². The molecule has 0 aliphatic rings. The highest BCUT2D eigenvalue weighted by atomic mass is 16.5. The predicted molar refractivity (Wildman–Crippen MR) is 79.0 cm³/mol. The van der Waals surface area contributed by atoms with E-state index in [-0.39, 0.29) is 0 Å². The summed E-state index contributed by atoms with van der Waals surface area (Å²) < 4.78 is 10.6. The molecular formula is C15H26N2O2. The number of nitrogens with one attached hydrogen (secondary N) is 2. The molecule has 0 saturated heterocycles. The smallest absolute Gasteiger partial charge is 0.123 e. The van der Waals surface area contributed by atoms with Gasteiger partial charge in [0.05, 0.1) is 14.2 Å². The second kappa shape index (κ2) is 8.77. The van der Waals surface area contributed by atoms with Crippen LogP contribution in [-0.4, -0.2) is 34.4 Å². The van der Waals surface area contributed by atoms with Crippen molar-refractivity contribution < 1.29 is 9.47 Å². The summed E-state index contributed by atoms with van der Waals surface area (Å²) in [5.41, 5.74) is 1.13. The Balaban J connectivity index is 2.55. The molecule has 4 heteroatoms. The Labute approximate surface area is 116 Å². The lowest BCUT2D eigenvalue weighted by Crippen LogP contribution is -2.29. The fraction of sp³-hybridized carbons (Fsp3) is 0.600. The van der Waals surface area contributed by atoms with E-state index in [1.807, 2.05) is 25.2 Å². The Morgan fingerprint density at radius 3 is 2.53 bits per heavy atom. The summed E-state index contributed by atoms with van der Waals surface area (Å²) in [4.78, 5) is 0. The number of hydrogen-bond acceptors (Lipinski definition) is 4. The highest BCUT2D eigenvalue weighted by molar-refractivity contribution is 5.40. The zero-order valence-electron chi connectivity index (χ0n) is 12.5. The lowest BCUT2D eigenvalue weighted by molar-refractivity contribution is 0.393. The Morgan fingerprint density at radius 2 is 1.95 bits per heavy atom. The summed E-state index contributed by atoms with van der Waals surface area (Å²) in [6, 6.07) is 5.88. The standard InChI is InChI=1S/C15H26N2O2/c1-5-12(9-16-2)10-17-11-13-8-14(18-3)6-7-15(13)19-4/h6-8,12,16-17H,5,9-11H2,1-4H3. The molecule has 1 aromatic carbocycles. The van der Waals surface area contributed by atoms with Crippen molar-refractivity contribution in [2.24, 2.45) is 5.92 Å². The molecule has 1 unspecified atom stereocenters. The minimum atomic E-state index is 0.654. The predicted octanol–water partition coefficient (Wildman–Crippen LogP) is 2.04. The molecule has 0 amide bonds. The van der Waals surface area contributed by atoms with E-state index in [1.165, 1.54) is 6.42 Å². The van der Waals surface area contributed by atoms with Gasteiger partial charge in [-0.3, -0.25) is 0 Å². The van der Waals surface area contributed by atoms with Crippen LogP contribution in [0.2, 0.25) is 0 Å². The van der Waals surface area contributed by atoms with E-state index >= 15 is 0 Å². The molecule has 108 valence electrons. The molecule has 0 radical (unpaired) electrons. The zero-order chi connectivity index (χ0) is 14.1. The maximum Gasteiger partial charge on any atom is 0.123 e. The summed E-state index contributed by atoms with van der Waals surface area (Å²) in [6.07, 6.45) is 1.17. The van der Waals surface area contributed by atoms with Crippen LogP contribution in [0.5, 0.6) is 11.5 Å². The first-order valence-electron chi connectivity index (χ1n) is 6.81. The van der Waals surface area contributed by atoms with Crippen LogP contribution in [0.4, 0.5) is 0 Å². The molecule has 2 N–H and O–H groups in total. The largest absolute Gasteiger partial charge is 0.497 e. The first-order chi connectivity index (χ1) is 9.24. The third-order valence-corrected chi connectivity index (χ3v) is 3.31. The van der Waals surface area contributed by atoms with Crippen molar-refractivity contribution in [2.45, 2.75) is 19.9 Å². The molecule has 0 aliphatic carbocycles. The van der Waals surface area contributed by atoms with Crippen LogP contribution in [0.3, 0.4) is 0 Å². The summed E-state index contributed by atoms with van der Waals surface area (Å²) in [7, 11) is 5.37. The van der Waals surface area contributed by atoms with Crippen LogP contribution >= 0.6 is 0 Å². The van der Waals surface area contributed by atoms with Gasteiger partial charge in [-0.15, -0.1) is 0 Å². The Hall–Kier alpha value is -1.26. The number of rotatable bonds is 9. The molecule has 0 spiro atoms. The number of benzene rings is 1. The molecule has 1 aromatic rings. The molecule has 0 aromatic heterocycles. The molecule has 0 aliphatic heterocycles. The Kier molecular flexibility index (Phi) is 7.30. The van der Waals surface area contributed by atoms with Gasteiger partial charge in [-0.2, -0.15) is 0 Å². The van der Waals surface area contributed by atoms with Crippen molar-refractivity contribution in [1.82, 2.24) is 10.6 Å². The molecule has 4 nitrogen and oxygen atoms in total. The quantitative estimate of drug-likeness (QED) is 0.718. The maximum absolute atomic E-state index is 5.37. The molecule has 1 atom stereocenters. The van der Waals surface area contributed by atoms with Gasteiger partial charge < -0.3 is 20.1 Å². The van der Waals surface area contributed by atoms with Crippen LogP contribution in [0.25, 0.3) is 0 Å². The van der Waals surface area contributed by atoms with Gasteiger partial charge in [0.2, 0.25) is 0 Å². The van der Waals surface area contributed by atoms with E-state index in [4.69, 9.17) is 9.47 Å². The highest BCUT2D eigenvalue weighted by Gasteiger charge is 2.07. The van der Waals surface area contributed by atoms with Crippen LogP contribution in [0.15, 0.2) is 18.2 Å². The normalized spacial score (nSPS) is 12.2. The Bertz CT molecular complexity index is 369. The van der Waals surface area contributed by atoms with E-state index in [2.05, 4.69) is 17.6 Å². The minimum absolute atomic E-state index is 0.654. The Morgan fingerprint density at radius 1 is 1.16 bits per heavy atom. The van der Waals surface area contributed by atoms with Crippen molar-refractivity contribution >= 4 is 0 Å². The second-order valence-electron chi connectivity index (χ2n) is 4.64. The molecule has 0 saturated carbocycles. The van der Waals surface area contributed by atoms with E-state index in [1.54, 1.807) is 14.2 Å². The molecule has 1 rings (SSSR count). The van der Waals surface area contributed by atoms with E-state index in [9.17, 15) is 0 Å². The molecule has 0 bridgehead atoms. The third-order valence-electron chi connectivity index (χ3n) is 3.31. The minimum Gasteiger partial charge on any atom is -0.497 e. The van der Waals surface area contributed by atoms with Crippen molar-refractivity contribution in [3.63, 3.8) is 0 Å². The van der Waals surface area contributed by atoms with Gasteiger partial charge in [0.25, 0.3) is 0 Å². The van der Waals surface area contributed by atoms with E-state index in [0.29, 0.717) is 5.92 Å². The fourth-order valence-corrected chi connectivity index (χ4v) is 2.08. The number of ether oxygens (including phenoxy) is 2. The average Bonchev–Trinajstić information content (AvgIpc) is 2.46. The van der Waals surface area contributed by atoms with Gasteiger partial charge in [0.1, 0.15) is 11.5 Å². The number of methoxy groups -OCH3 is 2. The SMILES string of the molecule is CCC(CNC)CNCc1cc(OC)ccc1OC. The van der Waals surface area contributed by atoms with E-state index < -0.39 is 0 Å². The summed E-state index contributed by atoms with van der Waals surface area (Å²) in [5, 5.41) is 6.71. The topological polar surface area (TPSA) is 42.5 Å². The lowest BCUT2D eigenvalue weighted by atomic mass is 10.1. The summed E-state index contributed by atoms with van der Waals surface area (Å²) in [6.45, 7) is 5.05. The van der Waals surface area contributed by atoms with Gasteiger partial charge in [-0.05, 0) is 44.3 Å². The van der Waals surface area contributed by atoms with Crippen LogP contribution in [-0.2, 0) is 6.54 Å². The third kappa shape index (κ3) is 5.09. The lowest BCUT2D eigenvalue weighted by Gasteiger charge is -2.16. The summed E-state index contributed by atoms with van der Waals surface area (Å²) in [5.74, 6) is 2.41. The van der Waals surface area contributed by atoms with Crippen molar-refractivity contribution in [3.8, 4) is 11.5 Å². The molecule has 19 heavy (non-hydrogen) atoms. The highest BCUT2D eigenvalue weighted by Crippen LogP contribution is 2.23. The van der Waals surface area contributed by atoms with Gasteiger partial charge >= 0.3 is 0 Å². The van der Waals surface area contributed by atoms with Crippen LogP contribution in [0.1, 0.15) is 18.9 Å². The summed E-state index contributed by atoms with van der Waals surface area (Å²) >= 11 is 0. The molecule has 0 heterocycles. The van der Waals surface area contributed by atoms with Crippen molar-refractivity contribution in [1.29, 1.82) is 0 Å². The van der Waals surface area contributed by atoms with Gasteiger partial charge in [0.15, 0.2) is 0 Å². The zero-order valence-corrected chi connectivity index (χ0v) is 12.5. The second-order valence-corrected chi connectivity index (χ2v) is 4.64. The van der Waals surface area contributed by atoms with Gasteiger partial charge in [-0.1, -0.05) is 13.3 Å². The number of hydrogen-bond donors (Lipinski definition) is 2. The molecular weight excluding hydrogens is 240 g/mol. The molecule has 0 fully saturated rings. The van der Waals surface area contributed by atoms with Gasteiger partial charge in [-0.25, -0.2) is 0 Å². The van der Waals surface area contributed by atoms with E-state index in [0.717, 1.165) is 36.7 Å². The van der Waals surface area contributed by atoms with Crippen molar-refractivity contribution in [2.75, 3.05) is 34.4 Å². The average molecular weight is 266 g/mol. The first kappa shape index (κ1) is 15.8. The fourth-order valence-electron chi connectivity index (χ4n) is 2.08. The van der Waals surface area contributed by atoms with Crippen LogP contribution in [0, 0.1) is 5.92 Å². The first-order valence-corrected chi connectivity index (χ1v) is 6.81. The monoisotopic (exact) mass is 266 g/mol. The maximum atomic E-state index is 5.37. The van der Waals surface area contributed by atoms with Crippen molar-refractivity contribution in [3.05, 3.63) is 23.8 Å². The van der Waals surface area contributed by atoms with Gasteiger partial charge in [0, 0.05) is 12.1 Å².